The first-order valence-corrected chi connectivity index (χ1v) is 5.41. The van der Waals surface area contributed by atoms with Crippen LogP contribution in [0, 0.1) is 0 Å². The number of halogens is 3. The molecule has 18 heavy (non-hydrogen) atoms. The first kappa shape index (κ1) is 16.7. The number of ether oxygens (including phenoxy) is 1. The SMILES string of the molecule is CCOC(=O)[C@@H]1CC[C@H](C)N1.O=C(O)C(F)(F)F. The molecule has 1 saturated heterocycles. The van der Waals surface area contributed by atoms with Crippen LogP contribution >= 0.6 is 0 Å². The van der Waals surface area contributed by atoms with E-state index in [4.69, 9.17) is 14.6 Å². The van der Waals surface area contributed by atoms with Crippen molar-refractivity contribution >= 4 is 11.9 Å². The third-order valence-corrected chi connectivity index (χ3v) is 2.19. The van der Waals surface area contributed by atoms with Gasteiger partial charge in [-0.05, 0) is 26.7 Å². The number of esters is 1. The van der Waals surface area contributed by atoms with E-state index in [0.717, 1.165) is 12.8 Å². The molecule has 2 atom stereocenters. The number of carbonyl (C=O) groups excluding carboxylic acids is 1. The second kappa shape index (κ2) is 7.20. The monoisotopic (exact) mass is 271 g/mol. The van der Waals surface area contributed by atoms with Gasteiger partial charge in [0.25, 0.3) is 0 Å². The van der Waals surface area contributed by atoms with Gasteiger partial charge in [0.05, 0.1) is 6.61 Å². The van der Waals surface area contributed by atoms with E-state index in [1.54, 1.807) is 0 Å². The average molecular weight is 271 g/mol. The van der Waals surface area contributed by atoms with Gasteiger partial charge in [-0.1, -0.05) is 0 Å². The van der Waals surface area contributed by atoms with E-state index in [1.165, 1.54) is 0 Å². The molecule has 5 nitrogen and oxygen atoms in total. The molecular weight excluding hydrogens is 255 g/mol. The number of rotatable bonds is 2. The Hall–Kier alpha value is -1.31. The summed E-state index contributed by atoms with van der Waals surface area (Å²) >= 11 is 0. The van der Waals surface area contributed by atoms with E-state index in [1.807, 2.05) is 6.92 Å². The average Bonchev–Trinajstić information content (AvgIpc) is 2.65. The van der Waals surface area contributed by atoms with Gasteiger partial charge in [0.2, 0.25) is 0 Å². The highest BCUT2D eigenvalue weighted by Crippen LogP contribution is 2.13. The smallest absolute Gasteiger partial charge is 0.475 e. The Balaban J connectivity index is 0.000000360. The van der Waals surface area contributed by atoms with Gasteiger partial charge in [0.15, 0.2) is 0 Å². The van der Waals surface area contributed by atoms with Crippen molar-refractivity contribution in [3.05, 3.63) is 0 Å². The molecule has 0 saturated carbocycles. The van der Waals surface area contributed by atoms with E-state index in [-0.39, 0.29) is 12.0 Å². The molecule has 0 amide bonds. The summed E-state index contributed by atoms with van der Waals surface area (Å²) in [6, 6.07) is 0.411. The predicted molar refractivity (Wildman–Crippen MR) is 55.9 cm³/mol. The van der Waals surface area contributed by atoms with Crippen LogP contribution in [-0.4, -0.2) is 41.9 Å². The van der Waals surface area contributed by atoms with Crippen LogP contribution in [-0.2, 0) is 14.3 Å². The van der Waals surface area contributed by atoms with Crippen LogP contribution in [0.15, 0.2) is 0 Å². The maximum atomic E-state index is 11.1. The van der Waals surface area contributed by atoms with Gasteiger partial charge >= 0.3 is 18.1 Å². The molecule has 0 unspecified atom stereocenters. The Kier molecular flexibility index (Phi) is 6.67. The number of carboxylic acids is 1. The molecule has 1 aliphatic heterocycles. The minimum Gasteiger partial charge on any atom is -0.475 e. The summed E-state index contributed by atoms with van der Waals surface area (Å²) in [4.78, 5) is 20.0. The molecule has 0 radical (unpaired) electrons. The first-order valence-electron chi connectivity index (χ1n) is 5.41. The Morgan fingerprint density at radius 1 is 1.39 bits per heavy atom. The number of hydrogen-bond donors (Lipinski definition) is 2. The number of carbonyl (C=O) groups is 2. The van der Waals surface area contributed by atoms with Gasteiger partial charge in [-0.25, -0.2) is 4.79 Å². The highest BCUT2D eigenvalue weighted by atomic mass is 19.4. The molecule has 0 spiro atoms. The lowest BCUT2D eigenvalue weighted by Crippen LogP contribution is -2.35. The molecule has 0 aromatic carbocycles. The maximum absolute atomic E-state index is 11.1. The Labute approximate surface area is 102 Å². The van der Waals surface area contributed by atoms with Gasteiger partial charge in [0.1, 0.15) is 6.04 Å². The zero-order chi connectivity index (χ0) is 14.3. The third kappa shape index (κ3) is 6.43. The van der Waals surface area contributed by atoms with Gasteiger partial charge in [0, 0.05) is 6.04 Å². The van der Waals surface area contributed by atoms with Crippen LogP contribution in [0.1, 0.15) is 26.7 Å². The summed E-state index contributed by atoms with van der Waals surface area (Å²) in [7, 11) is 0. The summed E-state index contributed by atoms with van der Waals surface area (Å²) in [5.74, 6) is -2.86. The van der Waals surface area contributed by atoms with E-state index in [9.17, 15) is 18.0 Å². The summed E-state index contributed by atoms with van der Waals surface area (Å²) in [5.41, 5.74) is 0. The van der Waals surface area contributed by atoms with Crippen molar-refractivity contribution in [1.82, 2.24) is 5.32 Å². The van der Waals surface area contributed by atoms with Crippen molar-refractivity contribution in [2.24, 2.45) is 0 Å². The summed E-state index contributed by atoms with van der Waals surface area (Å²) in [6.07, 6.45) is -3.09. The number of alkyl halides is 3. The largest absolute Gasteiger partial charge is 0.490 e. The number of nitrogens with one attached hydrogen (secondary N) is 1. The normalized spacial score (nSPS) is 22.9. The molecule has 0 aliphatic carbocycles. The number of carboxylic acid groups (broad SMARTS) is 1. The predicted octanol–water partition coefficient (Wildman–Crippen LogP) is 1.32. The first-order chi connectivity index (χ1) is 8.18. The van der Waals surface area contributed by atoms with Crippen molar-refractivity contribution in [3.63, 3.8) is 0 Å². The lowest BCUT2D eigenvalue weighted by atomic mass is 10.2. The topological polar surface area (TPSA) is 75.6 Å². The summed E-state index contributed by atoms with van der Waals surface area (Å²) in [5, 5.41) is 10.3. The number of aliphatic carboxylic acids is 1. The molecule has 106 valence electrons. The van der Waals surface area contributed by atoms with E-state index < -0.39 is 12.1 Å². The fourth-order valence-corrected chi connectivity index (χ4v) is 1.36. The molecule has 0 bridgehead atoms. The molecule has 2 N–H and O–H groups in total. The Morgan fingerprint density at radius 2 is 1.89 bits per heavy atom. The van der Waals surface area contributed by atoms with Crippen LogP contribution in [0.4, 0.5) is 13.2 Å². The Bertz CT molecular complexity index is 293. The molecule has 8 heteroatoms. The van der Waals surface area contributed by atoms with Crippen LogP contribution in [0.2, 0.25) is 0 Å². The van der Waals surface area contributed by atoms with Crippen LogP contribution in [0.3, 0.4) is 0 Å². The zero-order valence-electron chi connectivity index (χ0n) is 10.1. The van der Waals surface area contributed by atoms with Crippen molar-refractivity contribution < 1.29 is 32.6 Å². The van der Waals surface area contributed by atoms with Gasteiger partial charge in [-0.3, -0.25) is 4.79 Å². The molecule has 1 aliphatic rings. The highest BCUT2D eigenvalue weighted by molar-refractivity contribution is 5.76. The molecule has 0 aromatic rings. The highest BCUT2D eigenvalue weighted by Gasteiger charge is 2.38. The van der Waals surface area contributed by atoms with Gasteiger partial charge in [-0.2, -0.15) is 13.2 Å². The van der Waals surface area contributed by atoms with E-state index in [2.05, 4.69) is 12.2 Å². The summed E-state index contributed by atoms with van der Waals surface area (Å²) < 4.78 is 36.6. The lowest BCUT2D eigenvalue weighted by Gasteiger charge is -2.09. The lowest BCUT2D eigenvalue weighted by molar-refractivity contribution is -0.192. The summed E-state index contributed by atoms with van der Waals surface area (Å²) in [6.45, 7) is 4.39. The second-order valence-electron chi connectivity index (χ2n) is 3.75. The van der Waals surface area contributed by atoms with Crippen LogP contribution in [0.5, 0.6) is 0 Å². The minimum atomic E-state index is -5.08. The van der Waals surface area contributed by atoms with Crippen molar-refractivity contribution in [3.8, 4) is 0 Å². The van der Waals surface area contributed by atoms with Crippen molar-refractivity contribution in [2.75, 3.05) is 6.61 Å². The van der Waals surface area contributed by atoms with Crippen molar-refractivity contribution in [2.45, 2.75) is 44.9 Å². The quantitative estimate of drug-likeness (QED) is 0.741. The maximum Gasteiger partial charge on any atom is 0.490 e. The third-order valence-electron chi connectivity index (χ3n) is 2.19. The Morgan fingerprint density at radius 3 is 2.17 bits per heavy atom. The molecule has 1 rings (SSSR count). The van der Waals surface area contributed by atoms with Gasteiger partial charge < -0.3 is 15.2 Å². The zero-order valence-corrected chi connectivity index (χ0v) is 10.1. The molecule has 1 heterocycles. The molecular formula is C10H16F3NO4. The molecule has 1 fully saturated rings. The standard InChI is InChI=1S/C8H15NO2.C2HF3O2/c1-3-11-8(10)7-5-4-6(2)9-7;3-2(4,5)1(6)7/h6-7,9H,3-5H2,1-2H3;(H,6,7)/t6-,7-;/m0./s1. The fraction of sp³-hybridized carbons (Fsp3) is 0.800. The van der Waals surface area contributed by atoms with E-state index >= 15 is 0 Å². The van der Waals surface area contributed by atoms with Gasteiger partial charge in [-0.15, -0.1) is 0 Å². The van der Waals surface area contributed by atoms with Crippen molar-refractivity contribution in [1.29, 1.82) is 0 Å². The van der Waals surface area contributed by atoms with Crippen LogP contribution < -0.4 is 5.32 Å². The second-order valence-corrected chi connectivity index (χ2v) is 3.75. The number of hydrogen-bond acceptors (Lipinski definition) is 4. The minimum absolute atomic E-state index is 0.0510. The molecule has 0 aromatic heterocycles. The van der Waals surface area contributed by atoms with E-state index in [0.29, 0.717) is 12.6 Å². The van der Waals surface area contributed by atoms with Crippen LogP contribution in [0.25, 0.3) is 0 Å². The fourth-order valence-electron chi connectivity index (χ4n) is 1.36.